The van der Waals surface area contributed by atoms with E-state index in [4.69, 9.17) is 0 Å². The summed E-state index contributed by atoms with van der Waals surface area (Å²) in [6.07, 6.45) is 0. The zero-order valence-corrected chi connectivity index (χ0v) is 11.9. The molecular weight excluding hydrogens is 274 g/mol. The van der Waals surface area contributed by atoms with Crippen LogP contribution in [0.5, 0.6) is 0 Å². The van der Waals surface area contributed by atoms with Crippen molar-refractivity contribution < 1.29 is 0 Å². The average molecular weight is 287 g/mol. The molecule has 102 valence electrons. The molecule has 0 fully saturated rings. The number of hydrogen-bond acceptors (Lipinski definition) is 6. The Morgan fingerprint density at radius 3 is 2.95 bits per heavy atom. The number of fused-ring (bicyclic) bond motifs is 1. The van der Waals surface area contributed by atoms with Gasteiger partial charge in [0.05, 0.1) is 11.1 Å². The van der Waals surface area contributed by atoms with Gasteiger partial charge in [-0.1, -0.05) is 0 Å². The van der Waals surface area contributed by atoms with Crippen molar-refractivity contribution in [1.82, 2.24) is 19.7 Å². The normalized spacial score (nSPS) is 10.9. The second kappa shape index (κ2) is 5.01. The number of thiophene rings is 1. The number of aryl methyl sites for hydroxylation is 1. The summed E-state index contributed by atoms with van der Waals surface area (Å²) in [4.78, 5) is 21.6. The molecule has 0 amide bonds. The van der Waals surface area contributed by atoms with Crippen molar-refractivity contribution in [2.75, 3.05) is 12.4 Å². The molecule has 0 unspecified atom stereocenters. The third kappa shape index (κ3) is 2.27. The van der Waals surface area contributed by atoms with Crippen molar-refractivity contribution in [2.45, 2.75) is 13.5 Å². The number of aromatic nitrogens is 4. The lowest BCUT2D eigenvalue weighted by molar-refractivity contribution is 0.608. The van der Waals surface area contributed by atoms with Gasteiger partial charge in [0.1, 0.15) is 17.2 Å². The second-order valence-electron chi connectivity index (χ2n) is 4.35. The number of rotatable bonds is 3. The molecule has 0 aliphatic heterocycles. The molecule has 0 radical (unpaired) electrons. The first-order valence-corrected chi connectivity index (χ1v) is 7.02. The fourth-order valence-corrected chi connectivity index (χ4v) is 2.74. The van der Waals surface area contributed by atoms with E-state index >= 15 is 0 Å². The van der Waals surface area contributed by atoms with Crippen LogP contribution in [0.3, 0.4) is 0 Å². The van der Waals surface area contributed by atoms with Crippen LogP contribution in [0.2, 0.25) is 0 Å². The predicted octanol–water partition coefficient (Wildman–Crippen LogP) is 1.65. The smallest absolute Gasteiger partial charge is 0.267 e. The monoisotopic (exact) mass is 287 g/mol. The van der Waals surface area contributed by atoms with Gasteiger partial charge >= 0.3 is 0 Å². The number of hydrogen-bond donors (Lipinski definition) is 1. The van der Waals surface area contributed by atoms with Crippen molar-refractivity contribution in [3.63, 3.8) is 0 Å². The summed E-state index contributed by atoms with van der Waals surface area (Å²) in [7, 11) is 1.82. The van der Waals surface area contributed by atoms with E-state index in [1.54, 1.807) is 17.4 Å². The van der Waals surface area contributed by atoms with E-state index in [9.17, 15) is 4.79 Å². The lowest BCUT2D eigenvalue weighted by atomic mass is 10.3. The first-order valence-electron chi connectivity index (χ1n) is 6.14. The van der Waals surface area contributed by atoms with Gasteiger partial charge in [-0.15, -0.1) is 11.3 Å². The lowest BCUT2D eigenvalue weighted by Gasteiger charge is -2.07. The summed E-state index contributed by atoms with van der Waals surface area (Å²) in [5.74, 6) is 1.34. The molecule has 3 heterocycles. The fraction of sp³-hybridized carbons (Fsp3) is 0.231. The maximum Gasteiger partial charge on any atom is 0.267 e. The molecule has 3 aromatic rings. The molecule has 0 aliphatic rings. The summed E-state index contributed by atoms with van der Waals surface area (Å²) < 4.78 is 1.38. The van der Waals surface area contributed by atoms with Gasteiger partial charge in [0.15, 0.2) is 5.82 Å². The fourth-order valence-electron chi connectivity index (χ4n) is 1.96. The van der Waals surface area contributed by atoms with Crippen molar-refractivity contribution in [1.29, 1.82) is 0 Å². The summed E-state index contributed by atoms with van der Waals surface area (Å²) in [5.41, 5.74) is 0.632. The van der Waals surface area contributed by atoms with E-state index in [0.717, 1.165) is 21.7 Å². The Kier molecular flexibility index (Phi) is 3.19. The molecule has 0 saturated carbocycles. The zero-order chi connectivity index (χ0) is 14.1. The number of nitrogens with one attached hydrogen (secondary N) is 1. The molecule has 0 bridgehead atoms. The Morgan fingerprint density at radius 1 is 1.30 bits per heavy atom. The Morgan fingerprint density at radius 2 is 2.15 bits per heavy atom. The average Bonchev–Trinajstić information content (AvgIpc) is 2.90. The topological polar surface area (TPSA) is 72.7 Å². The highest BCUT2D eigenvalue weighted by atomic mass is 32.1. The van der Waals surface area contributed by atoms with Gasteiger partial charge in [-0.25, -0.2) is 14.6 Å². The Bertz CT molecular complexity index is 823. The van der Waals surface area contributed by atoms with Crippen LogP contribution in [0.1, 0.15) is 11.5 Å². The zero-order valence-electron chi connectivity index (χ0n) is 11.1. The third-order valence-corrected chi connectivity index (χ3v) is 3.71. The van der Waals surface area contributed by atoms with Crippen LogP contribution in [0, 0.1) is 6.92 Å². The van der Waals surface area contributed by atoms with Crippen LogP contribution >= 0.6 is 11.3 Å². The number of nitrogens with zero attached hydrogens (tertiary/aromatic N) is 4. The predicted molar refractivity (Wildman–Crippen MR) is 79.3 cm³/mol. The van der Waals surface area contributed by atoms with E-state index < -0.39 is 0 Å². The van der Waals surface area contributed by atoms with Crippen molar-refractivity contribution in [3.8, 4) is 0 Å². The standard InChI is InChI=1S/C13H13N5OS/c1-8-3-4-11(19)18(17-8)7-10-15-12(14-2)9-5-6-20-13(9)16-10/h3-6H,7H2,1-2H3,(H,14,15,16). The van der Waals surface area contributed by atoms with E-state index in [-0.39, 0.29) is 12.1 Å². The minimum absolute atomic E-state index is 0.156. The minimum atomic E-state index is -0.156. The second-order valence-corrected chi connectivity index (χ2v) is 5.24. The Labute approximate surface area is 119 Å². The Hall–Kier alpha value is -2.28. The van der Waals surface area contributed by atoms with Gasteiger partial charge < -0.3 is 5.32 Å². The molecule has 3 aromatic heterocycles. The highest BCUT2D eigenvalue weighted by Crippen LogP contribution is 2.24. The molecule has 0 spiro atoms. The van der Waals surface area contributed by atoms with E-state index in [2.05, 4.69) is 20.4 Å². The number of anilines is 1. The van der Waals surface area contributed by atoms with Crippen LogP contribution in [0.4, 0.5) is 5.82 Å². The quantitative estimate of drug-likeness (QED) is 0.793. The summed E-state index contributed by atoms with van der Waals surface area (Å²) in [5, 5.41) is 10.2. The van der Waals surface area contributed by atoms with Crippen LogP contribution in [-0.2, 0) is 6.54 Å². The van der Waals surface area contributed by atoms with E-state index in [0.29, 0.717) is 5.82 Å². The van der Waals surface area contributed by atoms with Gasteiger partial charge in [-0.05, 0) is 24.4 Å². The molecular formula is C13H13N5OS. The molecule has 0 aliphatic carbocycles. The molecule has 1 N–H and O–H groups in total. The summed E-state index contributed by atoms with van der Waals surface area (Å²) >= 11 is 1.55. The highest BCUT2D eigenvalue weighted by Gasteiger charge is 2.09. The lowest BCUT2D eigenvalue weighted by Crippen LogP contribution is -2.24. The molecule has 3 rings (SSSR count). The third-order valence-electron chi connectivity index (χ3n) is 2.90. The summed E-state index contributed by atoms with van der Waals surface area (Å²) in [6.45, 7) is 2.11. The Balaban J connectivity index is 2.06. The molecule has 20 heavy (non-hydrogen) atoms. The first-order chi connectivity index (χ1) is 9.67. The van der Waals surface area contributed by atoms with Crippen LogP contribution in [-0.4, -0.2) is 26.8 Å². The van der Waals surface area contributed by atoms with Crippen molar-refractivity contribution in [2.24, 2.45) is 0 Å². The van der Waals surface area contributed by atoms with Crippen molar-refractivity contribution in [3.05, 3.63) is 45.5 Å². The van der Waals surface area contributed by atoms with Gasteiger partial charge in [0.25, 0.3) is 5.56 Å². The van der Waals surface area contributed by atoms with Gasteiger partial charge in [-0.2, -0.15) is 5.10 Å². The van der Waals surface area contributed by atoms with Gasteiger partial charge in [0, 0.05) is 13.1 Å². The largest absolute Gasteiger partial charge is 0.372 e. The molecule has 0 aromatic carbocycles. The molecule has 6 nitrogen and oxygen atoms in total. The summed E-state index contributed by atoms with van der Waals surface area (Å²) in [6, 6.07) is 5.18. The van der Waals surface area contributed by atoms with E-state index in [1.165, 1.54) is 10.7 Å². The molecule has 0 atom stereocenters. The van der Waals surface area contributed by atoms with Crippen molar-refractivity contribution >= 4 is 27.4 Å². The molecule has 0 saturated heterocycles. The maximum atomic E-state index is 11.8. The maximum absolute atomic E-state index is 11.8. The minimum Gasteiger partial charge on any atom is -0.372 e. The van der Waals surface area contributed by atoms with Gasteiger partial charge in [0.2, 0.25) is 0 Å². The highest BCUT2D eigenvalue weighted by molar-refractivity contribution is 7.16. The van der Waals surface area contributed by atoms with E-state index in [1.807, 2.05) is 25.4 Å². The van der Waals surface area contributed by atoms with Gasteiger partial charge in [-0.3, -0.25) is 4.79 Å². The SMILES string of the molecule is CNc1nc(Cn2nc(C)ccc2=O)nc2sccc12. The molecule has 7 heteroatoms. The first kappa shape index (κ1) is 12.7. The van der Waals surface area contributed by atoms with Crippen LogP contribution in [0.25, 0.3) is 10.2 Å². The van der Waals surface area contributed by atoms with Crippen LogP contribution < -0.4 is 10.9 Å². The van der Waals surface area contributed by atoms with Crippen LogP contribution in [0.15, 0.2) is 28.4 Å².